The lowest BCUT2D eigenvalue weighted by molar-refractivity contribution is -0.161. The van der Waals surface area contributed by atoms with Gasteiger partial charge in [-0.2, -0.15) is 0 Å². The number of benzene rings is 1. The molecule has 1 aliphatic carbocycles. The van der Waals surface area contributed by atoms with Gasteiger partial charge in [-0.3, -0.25) is 14.6 Å². The molecule has 0 bridgehead atoms. The third kappa shape index (κ3) is 5.55. The molecular weight excluding hydrogens is 324 g/mol. The van der Waals surface area contributed by atoms with E-state index >= 15 is 0 Å². The molecule has 1 heterocycles. The molecule has 3 rings (SSSR count). The molecule has 0 aromatic heterocycles. The lowest BCUT2D eigenvalue weighted by Crippen LogP contribution is -2.51. The van der Waals surface area contributed by atoms with Crippen molar-refractivity contribution in [2.75, 3.05) is 26.2 Å². The Balaban J connectivity index is 1.40. The van der Waals surface area contributed by atoms with E-state index in [1.165, 1.54) is 5.56 Å². The summed E-state index contributed by atoms with van der Waals surface area (Å²) in [5, 5.41) is 0. The molecule has 1 aromatic carbocycles. The molecule has 1 saturated carbocycles. The van der Waals surface area contributed by atoms with Gasteiger partial charge in [0.2, 0.25) is 0 Å². The summed E-state index contributed by atoms with van der Waals surface area (Å²) in [5.74, 6) is 0.105. The molecule has 144 valence electrons. The number of carbonyl (C=O) groups excluding carboxylic acids is 1. The summed E-state index contributed by atoms with van der Waals surface area (Å²) in [6.45, 7) is 11.5. The summed E-state index contributed by atoms with van der Waals surface area (Å²) in [6.07, 6.45) is 4.21. The van der Waals surface area contributed by atoms with Gasteiger partial charge in [0, 0.05) is 38.8 Å². The highest BCUT2D eigenvalue weighted by Gasteiger charge is 2.33. The van der Waals surface area contributed by atoms with Gasteiger partial charge in [0.1, 0.15) is 5.60 Å². The van der Waals surface area contributed by atoms with Gasteiger partial charge in [-0.15, -0.1) is 0 Å². The van der Waals surface area contributed by atoms with Gasteiger partial charge in [-0.05, 0) is 52.0 Å². The third-order valence-electron chi connectivity index (χ3n) is 5.61. The Hall–Kier alpha value is -1.39. The highest BCUT2D eigenvalue weighted by atomic mass is 16.6. The standard InChI is InChI=1S/C22H34N2O2/c1-22(2,3)26-21(25)19-9-11-20(12-10-19)24-15-13-23(14-16-24)17-18-7-5-4-6-8-18/h4-8,19-20H,9-17H2,1-3H3/t19-,20-. The number of hydrogen-bond acceptors (Lipinski definition) is 4. The van der Waals surface area contributed by atoms with Gasteiger partial charge in [0.15, 0.2) is 0 Å². The number of nitrogens with zero attached hydrogens (tertiary/aromatic N) is 2. The van der Waals surface area contributed by atoms with Crippen LogP contribution in [0.1, 0.15) is 52.0 Å². The van der Waals surface area contributed by atoms with E-state index < -0.39 is 0 Å². The quantitative estimate of drug-likeness (QED) is 0.768. The minimum atomic E-state index is -0.372. The Bertz CT molecular complexity index is 566. The molecule has 2 aliphatic rings. The van der Waals surface area contributed by atoms with Crippen molar-refractivity contribution in [2.45, 2.75) is 64.6 Å². The Morgan fingerprint density at radius 3 is 2.19 bits per heavy atom. The minimum Gasteiger partial charge on any atom is -0.460 e. The van der Waals surface area contributed by atoms with Gasteiger partial charge in [0.05, 0.1) is 5.92 Å². The Kier molecular flexibility index (Phi) is 6.36. The number of hydrogen-bond donors (Lipinski definition) is 0. The smallest absolute Gasteiger partial charge is 0.309 e. The SMILES string of the molecule is CC(C)(C)OC(=O)[C@H]1CC[C@H](N2CCN(Cc3ccccc3)CC2)CC1. The average Bonchev–Trinajstić information content (AvgIpc) is 2.62. The van der Waals surface area contributed by atoms with Crippen LogP contribution in [-0.2, 0) is 16.1 Å². The van der Waals surface area contributed by atoms with Crippen LogP contribution < -0.4 is 0 Å². The van der Waals surface area contributed by atoms with E-state index in [-0.39, 0.29) is 17.5 Å². The van der Waals surface area contributed by atoms with E-state index in [1.807, 2.05) is 20.8 Å². The second-order valence-corrected chi connectivity index (χ2v) is 8.84. The van der Waals surface area contributed by atoms with Gasteiger partial charge >= 0.3 is 5.97 Å². The molecule has 4 heteroatoms. The van der Waals surface area contributed by atoms with Crippen molar-refractivity contribution >= 4 is 5.97 Å². The molecule has 0 atom stereocenters. The molecule has 1 aromatic rings. The fraction of sp³-hybridized carbons (Fsp3) is 0.682. The number of carbonyl (C=O) groups is 1. The van der Waals surface area contributed by atoms with Crippen LogP contribution in [0.15, 0.2) is 30.3 Å². The summed E-state index contributed by atoms with van der Waals surface area (Å²) in [4.78, 5) is 17.5. The number of rotatable bonds is 4. The van der Waals surface area contributed by atoms with Crippen LogP contribution in [0, 0.1) is 5.92 Å². The Labute approximate surface area is 158 Å². The molecule has 4 nitrogen and oxygen atoms in total. The Morgan fingerprint density at radius 1 is 1.00 bits per heavy atom. The summed E-state index contributed by atoms with van der Waals surface area (Å²) in [5.41, 5.74) is 1.03. The normalized spacial score (nSPS) is 25.8. The average molecular weight is 359 g/mol. The zero-order valence-corrected chi connectivity index (χ0v) is 16.6. The molecule has 2 fully saturated rings. The molecule has 0 amide bonds. The predicted molar refractivity (Wildman–Crippen MR) is 105 cm³/mol. The van der Waals surface area contributed by atoms with E-state index in [9.17, 15) is 4.79 Å². The van der Waals surface area contributed by atoms with E-state index in [2.05, 4.69) is 40.1 Å². The van der Waals surface area contributed by atoms with Crippen LogP contribution in [0.2, 0.25) is 0 Å². The first-order valence-corrected chi connectivity index (χ1v) is 10.1. The van der Waals surface area contributed by atoms with Crippen molar-refractivity contribution in [2.24, 2.45) is 5.92 Å². The maximum atomic E-state index is 12.3. The molecular formula is C22H34N2O2. The number of esters is 1. The lowest BCUT2D eigenvalue weighted by Gasteiger charge is -2.42. The molecule has 1 saturated heterocycles. The van der Waals surface area contributed by atoms with Gasteiger partial charge < -0.3 is 4.74 Å². The first-order chi connectivity index (χ1) is 12.4. The fourth-order valence-electron chi connectivity index (χ4n) is 4.19. The second-order valence-electron chi connectivity index (χ2n) is 8.84. The van der Waals surface area contributed by atoms with E-state index in [4.69, 9.17) is 4.74 Å². The molecule has 0 N–H and O–H groups in total. The van der Waals surface area contributed by atoms with Gasteiger partial charge in [0.25, 0.3) is 0 Å². The highest BCUT2D eigenvalue weighted by molar-refractivity contribution is 5.73. The number of ether oxygens (including phenoxy) is 1. The molecule has 0 spiro atoms. The van der Waals surface area contributed by atoms with Crippen LogP contribution in [0.5, 0.6) is 0 Å². The summed E-state index contributed by atoms with van der Waals surface area (Å²) >= 11 is 0. The van der Waals surface area contributed by atoms with Crippen molar-refractivity contribution in [1.29, 1.82) is 0 Å². The first kappa shape index (κ1) is 19.4. The number of piperazine rings is 1. The first-order valence-electron chi connectivity index (χ1n) is 10.1. The van der Waals surface area contributed by atoms with Crippen molar-refractivity contribution in [1.82, 2.24) is 9.80 Å². The molecule has 26 heavy (non-hydrogen) atoms. The monoisotopic (exact) mass is 358 g/mol. The van der Waals surface area contributed by atoms with E-state index in [0.717, 1.165) is 58.4 Å². The lowest BCUT2D eigenvalue weighted by atomic mass is 9.85. The fourth-order valence-corrected chi connectivity index (χ4v) is 4.19. The molecule has 0 unspecified atom stereocenters. The largest absolute Gasteiger partial charge is 0.460 e. The predicted octanol–water partition coefficient (Wildman–Crippen LogP) is 3.70. The van der Waals surface area contributed by atoms with Crippen LogP contribution in [0.4, 0.5) is 0 Å². The van der Waals surface area contributed by atoms with Crippen LogP contribution in [0.3, 0.4) is 0 Å². The van der Waals surface area contributed by atoms with Crippen LogP contribution in [0.25, 0.3) is 0 Å². The van der Waals surface area contributed by atoms with Crippen LogP contribution >= 0.6 is 0 Å². The molecule has 1 aliphatic heterocycles. The van der Waals surface area contributed by atoms with Gasteiger partial charge in [-0.25, -0.2) is 0 Å². The zero-order chi connectivity index (χ0) is 18.6. The Morgan fingerprint density at radius 2 is 1.62 bits per heavy atom. The summed E-state index contributed by atoms with van der Waals surface area (Å²) in [7, 11) is 0. The van der Waals surface area contributed by atoms with Crippen molar-refractivity contribution in [3.05, 3.63) is 35.9 Å². The maximum absolute atomic E-state index is 12.3. The van der Waals surface area contributed by atoms with E-state index in [0.29, 0.717) is 6.04 Å². The zero-order valence-electron chi connectivity index (χ0n) is 16.6. The maximum Gasteiger partial charge on any atom is 0.309 e. The summed E-state index contributed by atoms with van der Waals surface area (Å²) in [6, 6.07) is 11.4. The van der Waals surface area contributed by atoms with Crippen molar-refractivity contribution in [3.8, 4) is 0 Å². The van der Waals surface area contributed by atoms with Crippen molar-refractivity contribution in [3.63, 3.8) is 0 Å². The highest BCUT2D eigenvalue weighted by Crippen LogP contribution is 2.30. The second kappa shape index (κ2) is 8.53. The topological polar surface area (TPSA) is 32.8 Å². The van der Waals surface area contributed by atoms with E-state index in [1.54, 1.807) is 0 Å². The summed E-state index contributed by atoms with van der Waals surface area (Å²) < 4.78 is 5.57. The van der Waals surface area contributed by atoms with Crippen molar-refractivity contribution < 1.29 is 9.53 Å². The van der Waals surface area contributed by atoms with Crippen LogP contribution in [-0.4, -0.2) is 53.6 Å². The van der Waals surface area contributed by atoms with Gasteiger partial charge in [-0.1, -0.05) is 30.3 Å². The molecule has 0 radical (unpaired) electrons. The third-order valence-corrected chi connectivity index (χ3v) is 5.61. The minimum absolute atomic E-state index is 0.00336.